The summed E-state index contributed by atoms with van der Waals surface area (Å²) in [6.45, 7) is 0.859. The van der Waals surface area contributed by atoms with Crippen molar-refractivity contribution in [2.24, 2.45) is 0 Å². The molecule has 19 heteroatoms. The lowest BCUT2D eigenvalue weighted by Crippen LogP contribution is -2.51. The molecule has 1 rings (SSSR count). The Kier molecular flexibility index (Phi) is 22.8. The number of unbranched alkanes of at least 4 members (excludes halogenated alkanes) is 5. The van der Waals surface area contributed by atoms with Gasteiger partial charge in [-0.2, -0.15) is 0 Å². The molecule has 53 heavy (non-hydrogen) atoms. The molecule has 1 unspecified atom stereocenters. The minimum atomic E-state index is -1.50. The van der Waals surface area contributed by atoms with E-state index in [1.807, 2.05) is 6.07 Å². The summed E-state index contributed by atoms with van der Waals surface area (Å²) in [5.74, 6) is -6.77. The molecule has 0 fully saturated rings. The van der Waals surface area contributed by atoms with Crippen LogP contribution in [0.25, 0.3) is 0 Å². The fourth-order valence-corrected chi connectivity index (χ4v) is 5.19. The third-order valence-corrected chi connectivity index (χ3v) is 7.97. The highest BCUT2D eigenvalue weighted by Crippen LogP contribution is 2.10. The first kappa shape index (κ1) is 45.7. The fourth-order valence-electron chi connectivity index (χ4n) is 5.19. The largest absolute Gasteiger partial charge is 0.481 e. The van der Waals surface area contributed by atoms with Gasteiger partial charge < -0.3 is 46.8 Å². The van der Waals surface area contributed by atoms with Gasteiger partial charge in [0.1, 0.15) is 18.1 Å². The molecule has 0 saturated carbocycles. The number of carbonyl (C=O) groups is 8. The van der Waals surface area contributed by atoms with Gasteiger partial charge in [0.05, 0.1) is 12.2 Å². The Morgan fingerprint density at radius 2 is 1.17 bits per heavy atom. The van der Waals surface area contributed by atoms with Crippen molar-refractivity contribution in [2.75, 3.05) is 19.6 Å². The van der Waals surface area contributed by atoms with Crippen LogP contribution in [-0.2, 0) is 40.1 Å². The maximum atomic E-state index is 12.4. The van der Waals surface area contributed by atoms with Crippen molar-refractivity contribution in [3.8, 4) is 0 Å². The molecular formula is C34H52N6O13. The van der Waals surface area contributed by atoms with Gasteiger partial charge >= 0.3 is 35.9 Å². The molecule has 0 aromatic carbocycles. The summed E-state index contributed by atoms with van der Waals surface area (Å²) in [6.07, 6.45) is 5.44. The zero-order valence-electron chi connectivity index (χ0n) is 29.7. The van der Waals surface area contributed by atoms with Gasteiger partial charge in [-0.05, 0) is 76.5 Å². The van der Waals surface area contributed by atoms with Crippen molar-refractivity contribution in [2.45, 2.75) is 115 Å². The quantitative estimate of drug-likeness (QED) is 0.0502. The second kappa shape index (κ2) is 26.4. The number of carboxylic acid groups (broad SMARTS) is 5. The molecule has 0 spiro atoms. The molecule has 1 aromatic heterocycles. The van der Waals surface area contributed by atoms with Crippen LogP contribution in [0.15, 0.2) is 24.4 Å². The van der Waals surface area contributed by atoms with Crippen LogP contribution in [0.4, 0.5) is 4.79 Å². The first-order valence-corrected chi connectivity index (χ1v) is 17.5. The van der Waals surface area contributed by atoms with Crippen LogP contribution in [-0.4, -0.2) is 121 Å². The lowest BCUT2D eigenvalue weighted by molar-refractivity contribution is -0.142. The van der Waals surface area contributed by atoms with Gasteiger partial charge in [0.15, 0.2) is 0 Å². The smallest absolute Gasteiger partial charge is 0.326 e. The van der Waals surface area contributed by atoms with Gasteiger partial charge in [-0.25, -0.2) is 19.2 Å². The number of pyridine rings is 1. The van der Waals surface area contributed by atoms with Gasteiger partial charge in [-0.1, -0.05) is 18.9 Å². The Balaban J connectivity index is 2.23. The molecule has 0 radical (unpaired) electrons. The number of hydrogen-bond acceptors (Lipinski definition) is 10. The highest BCUT2D eigenvalue weighted by Gasteiger charge is 2.25. The van der Waals surface area contributed by atoms with Crippen molar-refractivity contribution in [1.29, 1.82) is 0 Å². The highest BCUT2D eigenvalue weighted by molar-refractivity contribution is 5.86. The molecular weight excluding hydrogens is 700 g/mol. The number of nitrogens with one attached hydrogen (secondary N) is 4. The molecule has 9 N–H and O–H groups in total. The predicted octanol–water partition coefficient (Wildman–Crippen LogP) is 1.41. The molecule has 0 aliphatic carbocycles. The Morgan fingerprint density at radius 1 is 0.604 bits per heavy atom. The fraction of sp³-hybridized carbons (Fsp3) is 0.618. The van der Waals surface area contributed by atoms with E-state index in [-0.39, 0.29) is 57.0 Å². The van der Waals surface area contributed by atoms with E-state index >= 15 is 0 Å². The van der Waals surface area contributed by atoms with Gasteiger partial charge in [0, 0.05) is 38.5 Å². The normalized spacial score (nSPS) is 12.5. The zero-order chi connectivity index (χ0) is 39.6. The van der Waals surface area contributed by atoms with Crippen LogP contribution in [0.1, 0.15) is 95.6 Å². The minimum Gasteiger partial charge on any atom is -0.481 e. The Bertz CT molecular complexity index is 1350. The summed E-state index contributed by atoms with van der Waals surface area (Å²) >= 11 is 0. The summed E-state index contributed by atoms with van der Waals surface area (Å²) in [5.41, 5.74) is 0.723. The van der Waals surface area contributed by atoms with Crippen LogP contribution in [0.2, 0.25) is 0 Å². The Hall–Kier alpha value is -5.33. The lowest BCUT2D eigenvalue weighted by atomic mass is 10.1. The monoisotopic (exact) mass is 752 g/mol. The van der Waals surface area contributed by atoms with Crippen LogP contribution >= 0.6 is 0 Å². The van der Waals surface area contributed by atoms with E-state index in [4.69, 9.17) is 10.2 Å². The molecule has 19 nitrogen and oxygen atoms in total. The number of amides is 4. The second-order valence-electron chi connectivity index (χ2n) is 12.5. The lowest BCUT2D eigenvalue weighted by Gasteiger charge is -2.20. The van der Waals surface area contributed by atoms with Crippen LogP contribution in [0.5, 0.6) is 0 Å². The maximum Gasteiger partial charge on any atom is 0.326 e. The minimum absolute atomic E-state index is 0.00685. The first-order chi connectivity index (χ1) is 25.2. The van der Waals surface area contributed by atoms with E-state index in [9.17, 15) is 53.7 Å². The van der Waals surface area contributed by atoms with E-state index < -0.39 is 60.4 Å². The van der Waals surface area contributed by atoms with Gasteiger partial charge in [-0.15, -0.1) is 0 Å². The summed E-state index contributed by atoms with van der Waals surface area (Å²) in [6, 6.07) is 0.420. The molecule has 4 amide bonds. The van der Waals surface area contributed by atoms with E-state index in [2.05, 4.69) is 26.3 Å². The van der Waals surface area contributed by atoms with Gasteiger partial charge in [0.25, 0.3) is 0 Å². The summed E-state index contributed by atoms with van der Waals surface area (Å²) in [7, 11) is 0. The number of urea groups is 1. The molecule has 1 aromatic rings. The predicted molar refractivity (Wildman–Crippen MR) is 187 cm³/mol. The average molecular weight is 753 g/mol. The number of aromatic nitrogens is 1. The molecule has 1 heterocycles. The molecule has 0 bridgehead atoms. The number of carbonyl (C=O) groups excluding carboxylic acids is 3. The third kappa shape index (κ3) is 23.0. The van der Waals surface area contributed by atoms with E-state index in [0.29, 0.717) is 64.5 Å². The van der Waals surface area contributed by atoms with E-state index in [1.165, 1.54) is 0 Å². The molecule has 3 atom stereocenters. The average Bonchev–Trinajstić information content (AvgIpc) is 3.08. The maximum absolute atomic E-state index is 12.4. The standard InChI is InChI=1S/C34H52N6O13/c41-27(36-19-9-6-12-25(32(49)50)38-34(53)39-26(33(51)52)16-17-29(43)44)14-3-1-2-4-15-28(42)37-24(31(47)48)13-7-10-20-40(22-30(45)46)21-23-11-5-8-18-35-23/h5,8,11,18,24-26H,1-4,6-7,9-10,12-17,19-22H2,(H,36,41)(H,37,42)(H,43,44)(H,45,46)(H,47,48)(H,49,50)(H,51,52)(H2,38,39,53)/t24?,25-,26-/m0/s1. The second-order valence-corrected chi connectivity index (χ2v) is 12.5. The number of nitrogens with zero attached hydrogens (tertiary/aromatic N) is 2. The van der Waals surface area contributed by atoms with Crippen molar-refractivity contribution in [3.05, 3.63) is 30.1 Å². The molecule has 0 aliphatic heterocycles. The van der Waals surface area contributed by atoms with Crippen LogP contribution < -0.4 is 21.3 Å². The SMILES string of the molecule is O=C(O)CC[C@H](NC(=O)N[C@@H](CCCCNC(=O)CCCCCCC(=O)NC(CCCCN(CC(=O)O)Cc1ccccn1)C(=O)O)C(=O)O)C(=O)O. The van der Waals surface area contributed by atoms with Crippen molar-refractivity contribution >= 4 is 47.7 Å². The number of aliphatic carboxylic acids is 5. The molecule has 0 saturated heterocycles. The third-order valence-electron chi connectivity index (χ3n) is 7.97. The van der Waals surface area contributed by atoms with E-state index in [0.717, 1.165) is 5.69 Å². The van der Waals surface area contributed by atoms with Crippen LogP contribution in [0, 0.1) is 0 Å². The van der Waals surface area contributed by atoms with Crippen molar-refractivity contribution < 1.29 is 63.9 Å². The number of hydrogen-bond donors (Lipinski definition) is 9. The Labute approximate surface area is 306 Å². The van der Waals surface area contributed by atoms with Gasteiger partial charge in [0.2, 0.25) is 11.8 Å². The Morgan fingerprint density at radius 3 is 1.72 bits per heavy atom. The summed E-state index contributed by atoms with van der Waals surface area (Å²) < 4.78 is 0. The first-order valence-electron chi connectivity index (χ1n) is 17.5. The van der Waals surface area contributed by atoms with Crippen LogP contribution in [0.3, 0.4) is 0 Å². The highest BCUT2D eigenvalue weighted by atomic mass is 16.4. The number of carboxylic acids is 5. The number of rotatable bonds is 30. The van der Waals surface area contributed by atoms with Gasteiger partial charge in [-0.3, -0.25) is 29.1 Å². The zero-order valence-corrected chi connectivity index (χ0v) is 29.7. The molecule has 0 aliphatic rings. The summed E-state index contributed by atoms with van der Waals surface area (Å²) in [5, 5.41) is 55.5. The topological polar surface area (TPSA) is 302 Å². The van der Waals surface area contributed by atoms with Crippen molar-refractivity contribution in [1.82, 2.24) is 31.2 Å². The molecule has 296 valence electrons. The summed E-state index contributed by atoms with van der Waals surface area (Å²) in [4.78, 5) is 98.9. The van der Waals surface area contributed by atoms with E-state index in [1.54, 1.807) is 23.2 Å². The van der Waals surface area contributed by atoms with Crippen molar-refractivity contribution in [3.63, 3.8) is 0 Å².